The maximum absolute atomic E-state index is 5.58. The normalized spacial score (nSPS) is 10.4. The van der Waals surface area contributed by atoms with Crippen molar-refractivity contribution in [2.24, 2.45) is 0 Å². The zero-order valence-corrected chi connectivity index (χ0v) is 12.5. The Morgan fingerprint density at radius 2 is 1.90 bits per heavy atom. The van der Waals surface area contributed by atoms with Crippen LogP contribution in [0, 0.1) is 13.8 Å². The van der Waals surface area contributed by atoms with Crippen molar-refractivity contribution in [3.8, 4) is 17.0 Å². The number of benzene rings is 1. The Labute approximate surface area is 120 Å². The second-order valence-corrected chi connectivity index (χ2v) is 4.77. The van der Waals surface area contributed by atoms with E-state index in [0.717, 1.165) is 41.4 Å². The van der Waals surface area contributed by atoms with Crippen molar-refractivity contribution in [3.63, 3.8) is 0 Å². The van der Waals surface area contributed by atoms with Crippen LogP contribution < -0.4 is 10.1 Å². The zero-order chi connectivity index (χ0) is 14.5. The monoisotopic (exact) mass is 271 g/mol. The lowest BCUT2D eigenvalue weighted by atomic mass is 10.0. The first-order valence-electron chi connectivity index (χ1n) is 6.88. The molecule has 1 N–H and O–H groups in total. The van der Waals surface area contributed by atoms with Crippen LogP contribution in [0.3, 0.4) is 0 Å². The van der Waals surface area contributed by atoms with Gasteiger partial charge in [-0.3, -0.25) is 4.98 Å². The quantitative estimate of drug-likeness (QED) is 0.902. The molecule has 0 unspecified atom stereocenters. The lowest BCUT2D eigenvalue weighted by Crippen LogP contribution is -2.05. The Hall–Kier alpha value is -2.10. The van der Waals surface area contributed by atoms with Crippen molar-refractivity contribution in [2.75, 3.05) is 19.0 Å². The number of hydrogen-bond acceptors (Lipinski definition) is 4. The van der Waals surface area contributed by atoms with Crippen LogP contribution in [-0.2, 0) is 0 Å². The summed E-state index contributed by atoms with van der Waals surface area (Å²) >= 11 is 0. The second kappa shape index (κ2) is 6.37. The van der Waals surface area contributed by atoms with E-state index in [0.29, 0.717) is 0 Å². The predicted molar refractivity (Wildman–Crippen MR) is 82.3 cm³/mol. The van der Waals surface area contributed by atoms with Gasteiger partial charge < -0.3 is 10.1 Å². The highest BCUT2D eigenvalue weighted by molar-refractivity contribution is 5.77. The summed E-state index contributed by atoms with van der Waals surface area (Å²) in [5.41, 5.74) is 4.15. The van der Waals surface area contributed by atoms with Crippen molar-refractivity contribution in [1.82, 2.24) is 9.97 Å². The van der Waals surface area contributed by atoms with Gasteiger partial charge in [0, 0.05) is 24.5 Å². The topological polar surface area (TPSA) is 47.0 Å². The van der Waals surface area contributed by atoms with Crippen molar-refractivity contribution < 1.29 is 4.74 Å². The molecule has 1 heterocycles. The van der Waals surface area contributed by atoms with Crippen LogP contribution in [0.4, 0.5) is 5.82 Å². The summed E-state index contributed by atoms with van der Waals surface area (Å²) < 4.78 is 5.58. The lowest BCUT2D eigenvalue weighted by Gasteiger charge is -2.15. The number of rotatable bonds is 5. The van der Waals surface area contributed by atoms with Gasteiger partial charge in [0.05, 0.1) is 7.11 Å². The second-order valence-electron chi connectivity index (χ2n) is 4.77. The van der Waals surface area contributed by atoms with Gasteiger partial charge in [0.2, 0.25) is 0 Å². The third-order valence-corrected chi connectivity index (χ3v) is 3.38. The largest absolute Gasteiger partial charge is 0.496 e. The van der Waals surface area contributed by atoms with Gasteiger partial charge in [0.1, 0.15) is 11.4 Å². The number of ether oxygens (including phenoxy) is 1. The van der Waals surface area contributed by atoms with Crippen LogP contribution in [0.25, 0.3) is 11.3 Å². The minimum Gasteiger partial charge on any atom is -0.496 e. The fourth-order valence-electron chi connectivity index (χ4n) is 2.15. The third-order valence-electron chi connectivity index (χ3n) is 3.38. The van der Waals surface area contributed by atoms with E-state index in [9.17, 15) is 0 Å². The number of nitrogens with one attached hydrogen (secondary N) is 1. The lowest BCUT2D eigenvalue weighted by molar-refractivity contribution is 0.413. The molecule has 0 amide bonds. The van der Waals surface area contributed by atoms with Crippen molar-refractivity contribution >= 4 is 5.82 Å². The van der Waals surface area contributed by atoms with Crippen LogP contribution in [0.2, 0.25) is 0 Å². The summed E-state index contributed by atoms with van der Waals surface area (Å²) in [4.78, 5) is 8.87. The first-order chi connectivity index (χ1) is 9.69. The summed E-state index contributed by atoms with van der Waals surface area (Å²) in [6, 6.07) is 4.13. The third kappa shape index (κ3) is 2.74. The number of methoxy groups -OCH3 is 1. The number of aromatic nitrogens is 2. The van der Waals surface area contributed by atoms with E-state index in [-0.39, 0.29) is 0 Å². The smallest absolute Gasteiger partial charge is 0.152 e. The highest BCUT2D eigenvalue weighted by Gasteiger charge is 2.15. The van der Waals surface area contributed by atoms with Gasteiger partial charge in [-0.15, -0.1) is 0 Å². The highest BCUT2D eigenvalue weighted by Crippen LogP contribution is 2.36. The van der Waals surface area contributed by atoms with Crippen molar-refractivity contribution in [3.05, 3.63) is 35.7 Å². The van der Waals surface area contributed by atoms with E-state index in [1.54, 1.807) is 19.5 Å². The maximum Gasteiger partial charge on any atom is 0.152 e. The molecule has 0 aliphatic heterocycles. The van der Waals surface area contributed by atoms with Gasteiger partial charge in [-0.25, -0.2) is 4.98 Å². The van der Waals surface area contributed by atoms with E-state index in [1.807, 2.05) is 6.07 Å². The molecule has 4 nitrogen and oxygen atoms in total. The average Bonchev–Trinajstić information content (AvgIpc) is 2.48. The molecule has 0 bridgehead atoms. The zero-order valence-electron chi connectivity index (χ0n) is 12.5. The molecule has 2 rings (SSSR count). The van der Waals surface area contributed by atoms with Crippen LogP contribution >= 0.6 is 0 Å². The molecule has 1 aromatic carbocycles. The molecular weight excluding hydrogens is 250 g/mol. The van der Waals surface area contributed by atoms with Crippen LogP contribution in [-0.4, -0.2) is 23.6 Å². The van der Waals surface area contributed by atoms with Gasteiger partial charge in [0.15, 0.2) is 5.82 Å². The number of aryl methyl sites for hydroxylation is 1. The van der Waals surface area contributed by atoms with Gasteiger partial charge in [-0.1, -0.05) is 13.0 Å². The van der Waals surface area contributed by atoms with Crippen LogP contribution in [0.15, 0.2) is 24.5 Å². The molecule has 0 aliphatic rings. The Bertz CT molecular complexity index is 596. The molecule has 0 saturated carbocycles. The number of anilines is 1. The maximum atomic E-state index is 5.58. The van der Waals surface area contributed by atoms with E-state index in [2.05, 4.69) is 42.1 Å². The number of hydrogen-bond donors (Lipinski definition) is 1. The summed E-state index contributed by atoms with van der Waals surface area (Å²) in [5, 5.41) is 3.32. The molecule has 0 radical (unpaired) electrons. The first kappa shape index (κ1) is 14.3. The highest BCUT2D eigenvalue weighted by atomic mass is 16.5. The number of nitrogens with zero attached hydrogens (tertiary/aromatic N) is 2. The fraction of sp³-hybridized carbons (Fsp3) is 0.375. The predicted octanol–water partition coefficient (Wildman–Crippen LogP) is 3.59. The molecule has 106 valence electrons. The fourth-order valence-corrected chi connectivity index (χ4v) is 2.15. The van der Waals surface area contributed by atoms with Gasteiger partial charge in [-0.05, 0) is 37.5 Å². The molecule has 0 atom stereocenters. The minimum atomic E-state index is 0.802. The Morgan fingerprint density at radius 3 is 2.60 bits per heavy atom. The average molecular weight is 271 g/mol. The SMILES string of the molecule is CCCNc1nccnc1-c1ccc(C)c(C)c1OC. The summed E-state index contributed by atoms with van der Waals surface area (Å²) in [6.45, 7) is 7.14. The molecule has 2 aromatic rings. The Kier molecular flexibility index (Phi) is 4.56. The van der Waals surface area contributed by atoms with Crippen LogP contribution in [0.5, 0.6) is 5.75 Å². The Balaban J connectivity index is 2.54. The van der Waals surface area contributed by atoms with Crippen molar-refractivity contribution in [1.29, 1.82) is 0 Å². The van der Waals surface area contributed by atoms with E-state index in [1.165, 1.54) is 5.56 Å². The Morgan fingerprint density at radius 1 is 1.15 bits per heavy atom. The summed E-state index contributed by atoms with van der Waals surface area (Å²) in [5.74, 6) is 1.67. The van der Waals surface area contributed by atoms with Gasteiger partial charge in [-0.2, -0.15) is 0 Å². The summed E-state index contributed by atoms with van der Waals surface area (Å²) in [7, 11) is 1.70. The molecule has 0 fully saturated rings. The van der Waals surface area contributed by atoms with E-state index < -0.39 is 0 Å². The molecule has 0 saturated heterocycles. The van der Waals surface area contributed by atoms with Crippen LogP contribution in [0.1, 0.15) is 24.5 Å². The van der Waals surface area contributed by atoms with Gasteiger partial charge >= 0.3 is 0 Å². The minimum absolute atomic E-state index is 0.802. The van der Waals surface area contributed by atoms with E-state index >= 15 is 0 Å². The van der Waals surface area contributed by atoms with E-state index in [4.69, 9.17) is 4.74 Å². The van der Waals surface area contributed by atoms with Crippen molar-refractivity contribution in [2.45, 2.75) is 27.2 Å². The molecule has 0 aliphatic carbocycles. The standard InChI is InChI=1S/C16H21N3O/c1-5-8-18-16-14(17-9-10-19-16)13-7-6-11(2)12(3)15(13)20-4/h6-7,9-10H,5,8H2,1-4H3,(H,18,19). The molecule has 4 heteroatoms. The molecular formula is C16H21N3O. The molecule has 1 aromatic heterocycles. The van der Waals surface area contributed by atoms with Gasteiger partial charge in [0.25, 0.3) is 0 Å². The molecule has 0 spiro atoms. The molecule has 20 heavy (non-hydrogen) atoms. The summed E-state index contributed by atoms with van der Waals surface area (Å²) in [6.07, 6.45) is 4.45. The first-order valence-corrected chi connectivity index (χ1v) is 6.88.